The fraction of sp³-hybridized carbons (Fsp3) is 0.769. The van der Waals surface area contributed by atoms with Crippen LogP contribution in [0.1, 0.15) is 27.2 Å². The SMILES string of the molecule is CCCOc1nc(NCC)nc(NCC(C)N(C)C)n1. The third-order valence-corrected chi connectivity index (χ3v) is 2.82. The van der Waals surface area contributed by atoms with E-state index in [1.54, 1.807) is 0 Å². The Kier molecular flexibility index (Phi) is 7.00. The maximum Gasteiger partial charge on any atom is 0.323 e. The topological polar surface area (TPSA) is 75.2 Å². The molecule has 0 saturated carbocycles. The van der Waals surface area contributed by atoms with E-state index >= 15 is 0 Å². The number of aromatic nitrogens is 3. The molecule has 0 aliphatic carbocycles. The van der Waals surface area contributed by atoms with Gasteiger partial charge in [0.15, 0.2) is 0 Å². The maximum atomic E-state index is 5.48. The molecule has 0 amide bonds. The molecule has 1 atom stereocenters. The summed E-state index contributed by atoms with van der Waals surface area (Å²) in [4.78, 5) is 14.9. The third kappa shape index (κ3) is 5.56. The first-order chi connectivity index (χ1) is 9.56. The molecule has 1 rings (SSSR count). The predicted octanol–water partition coefficient (Wildman–Crippen LogP) is 1.45. The van der Waals surface area contributed by atoms with Gasteiger partial charge in [-0.05, 0) is 34.4 Å². The highest BCUT2D eigenvalue weighted by Gasteiger charge is 2.09. The van der Waals surface area contributed by atoms with Gasteiger partial charge in [-0.1, -0.05) is 6.92 Å². The molecular formula is C13H26N6O. The number of rotatable bonds is 9. The zero-order valence-corrected chi connectivity index (χ0v) is 13.1. The van der Waals surface area contributed by atoms with E-state index in [4.69, 9.17) is 4.74 Å². The molecule has 0 radical (unpaired) electrons. The van der Waals surface area contributed by atoms with Crippen LogP contribution in [0, 0.1) is 0 Å². The number of anilines is 2. The lowest BCUT2D eigenvalue weighted by atomic mass is 10.3. The van der Waals surface area contributed by atoms with Crippen LogP contribution in [0.4, 0.5) is 11.9 Å². The summed E-state index contributed by atoms with van der Waals surface area (Å²) in [6.45, 7) is 8.29. The minimum Gasteiger partial charge on any atom is -0.463 e. The summed E-state index contributed by atoms with van der Waals surface area (Å²) in [6.07, 6.45) is 0.919. The zero-order valence-electron chi connectivity index (χ0n) is 13.1. The molecule has 0 aromatic carbocycles. The summed E-state index contributed by atoms with van der Waals surface area (Å²) >= 11 is 0. The summed E-state index contributed by atoms with van der Waals surface area (Å²) in [6, 6.07) is 0.743. The lowest BCUT2D eigenvalue weighted by Crippen LogP contribution is -2.32. The Morgan fingerprint density at radius 1 is 1.10 bits per heavy atom. The average molecular weight is 282 g/mol. The Labute approximate surface area is 121 Å². The molecule has 7 nitrogen and oxygen atoms in total. The van der Waals surface area contributed by atoms with Crippen molar-refractivity contribution in [2.75, 3.05) is 44.4 Å². The second-order valence-electron chi connectivity index (χ2n) is 4.84. The fourth-order valence-corrected chi connectivity index (χ4v) is 1.35. The number of nitrogens with one attached hydrogen (secondary N) is 2. The quantitative estimate of drug-likeness (QED) is 0.710. The van der Waals surface area contributed by atoms with Crippen LogP contribution in [-0.2, 0) is 0 Å². The van der Waals surface area contributed by atoms with Gasteiger partial charge in [-0.15, -0.1) is 0 Å². The number of likely N-dealkylation sites (N-methyl/N-ethyl adjacent to an activating group) is 1. The van der Waals surface area contributed by atoms with Gasteiger partial charge in [0.05, 0.1) is 6.61 Å². The minimum absolute atomic E-state index is 0.359. The van der Waals surface area contributed by atoms with Gasteiger partial charge in [0, 0.05) is 19.1 Å². The molecular weight excluding hydrogens is 256 g/mol. The summed E-state index contributed by atoms with van der Waals surface area (Å²) in [5.41, 5.74) is 0. The Balaban J connectivity index is 2.74. The van der Waals surface area contributed by atoms with E-state index in [9.17, 15) is 0 Å². The standard InChI is InChI=1S/C13H26N6O/c1-6-8-20-13-17-11(14-7-2)16-12(18-13)15-9-10(3)19(4)5/h10H,6-9H2,1-5H3,(H2,14,15,16,17,18). The van der Waals surface area contributed by atoms with Crippen molar-refractivity contribution >= 4 is 11.9 Å². The first-order valence-electron chi connectivity index (χ1n) is 7.09. The summed E-state index contributed by atoms with van der Waals surface area (Å²) in [7, 11) is 4.08. The number of hydrogen-bond donors (Lipinski definition) is 2. The van der Waals surface area contributed by atoms with Gasteiger partial charge < -0.3 is 20.3 Å². The normalized spacial score (nSPS) is 12.3. The Bertz CT molecular complexity index is 398. The van der Waals surface area contributed by atoms with Crippen LogP contribution in [0.5, 0.6) is 6.01 Å². The van der Waals surface area contributed by atoms with Gasteiger partial charge in [-0.2, -0.15) is 15.0 Å². The van der Waals surface area contributed by atoms with Crippen molar-refractivity contribution in [3.05, 3.63) is 0 Å². The van der Waals surface area contributed by atoms with E-state index in [-0.39, 0.29) is 0 Å². The molecule has 0 aliphatic heterocycles. The molecule has 1 unspecified atom stereocenters. The Morgan fingerprint density at radius 2 is 1.75 bits per heavy atom. The molecule has 114 valence electrons. The first kappa shape index (κ1) is 16.4. The van der Waals surface area contributed by atoms with Gasteiger partial charge in [0.2, 0.25) is 11.9 Å². The van der Waals surface area contributed by atoms with Gasteiger partial charge >= 0.3 is 6.01 Å². The van der Waals surface area contributed by atoms with Gasteiger partial charge in [-0.3, -0.25) is 0 Å². The summed E-state index contributed by atoms with van der Waals surface area (Å²) < 4.78 is 5.48. The minimum atomic E-state index is 0.359. The molecule has 0 fully saturated rings. The van der Waals surface area contributed by atoms with E-state index in [0.717, 1.165) is 19.5 Å². The maximum absolute atomic E-state index is 5.48. The lowest BCUT2D eigenvalue weighted by Gasteiger charge is -2.20. The van der Waals surface area contributed by atoms with Crippen molar-refractivity contribution in [2.24, 2.45) is 0 Å². The molecule has 0 bridgehead atoms. The monoisotopic (exact) mass is 282 g/mol. The lowest BCUT2D eigenvalue weighted by molar-refractivity contribution is 0.292. The molecule has 1 aromatic rings. The second-order valence-corrected chi connectivity index (χ2v) is 4.84. The van der Waals surface area contributed by atoms with Crippen LogP contribution in [-0.4, -0.2) is 59.7 Å². The predicted molar refractivity (Wildman–Crippen MR) is 81.4 cm³/mol. The van der Waals surface area contributed by atoms with Crippen molar-refractivity contribution in [3.8, 4) is 6.01 Å². The van der Waals surface area contributed by atoms with Crippen LogP contribution in [0.25, 0.3) is 0 Å². The van der Waals surface area contributed by atoms with Crippen molar-refractivity contribution in [2.45, 2.75) is 33.2 Å². The molecule has 0 aliphatic rings. The van der Waals surface area contributed by atoms with E-state index in [2.05, 4.69) is 37.4 Å². The molecule has 7 heteroatoms. The fourth-order valence-electron chi connectivity index (χ4n) is 1.35. The molecule has 0 saturated heterocycles. The highest BCUT2D eigenvalue weighted by atomic mass is 16.5. The number of hydrogen-bond acceptors (Lipinski definition) is 7. The van der Waals surface area contributed by atoms with E-state index in [1.165, 1.54) is 0 Å². The van der Waals surface area contributed by atoms with Gasteiger partial charge in [0.1, 0.15) is 0 Å². The van der Waals surface area contributed by atoms with Crippen molar-refractivity contribution in [1.29, 1.82) is 0 Å². The van der Waals surface area contributed by atoms with Crippen LogP contribution in [0.15, 0.2) is 0 Å². The van der Waals surface area contributed by atoms with Crippen LogP contribution >= 0.6 is 0 Å². The van der Waals surface area contributed by atoms with Crippen molar-refractivity contribution in [3.63, 3.8) is 0 Å². The van der Waals surface area contributed by atoms with Crippen LogP contribution in [0.3, 0.4) is 0 Å². The van der Waals surface area contributed by atoms with Crippen LogP contribution < -0.4 is 15.4 Å². The highest BCUT2D eigenvalue weighted by Crippen LogP contribution is 2.11. The Morgan fingerprint density at radius 3 is 2.30 bits per heavy atom. The largest absolute Gasteiger partial charge is 0.463 e. The number of ether oxygens (including phenoxy) is 1. The van der Waals surface area contributed by atoms with E-state index in [1.807, 2.05) is 27.9 Å². The van der Waals surface area contributed by atoms with E-state index < -0.39 is 0 Å². The first-order valence-corrected chi connectivity index (χ1v) is 7.09. The molecule has 2 N–H and O–H groups in total. The Hall–Kier alpha value is -1.63. The summed E-state index contributed by atoms with van der Waals surface area (Å²) in [5, 5.41) is 6.30. The zero-order chi connectivity index (χ0) is 15.0. The molecule has 20 heavy (non-hydrogen) atoms. The van der Waals surface area contributed by atoms with Crippen molar-refractivity contribution < 1.29 is 4.74 Å². The smallest absolute Gasteiger partial charge is 0.323 e. The van der Waals surface area contributed by atoms with E-state index in [0.29, 0.717) is 30.6 Å². The molecule has 1 aromatic heterocycles. The highest BCUT2D eigenvalue weighted by molar-refractivity contribution is 5.35. The van der Waals surface area contributed by atoms with Crippen LogP contribution in [0.2, 0.25) is 0 Å². The van der Waals surface area contributed by atoms with Gasteiger partial charge in [-0.25, -0.2) is 0 Å². The molecule has 0 spiro atoms. The third-order valence-electron chi connectivity index (χ3n) is 2.82. The van der Waals surface area contributed by atoms with Crippen molar-refractivity contribution in [1.82, 2.24) is 19.9 Å². The van der Waals surface area contributed by atoms with Gasteiger partial charge in [0.25, 0.3) is 0 Å². The molecule has 1 heterocycles. The summed E-state index contributed by atoms with van der Waals surface area (Å²) in [5.74, 6) is 1.07. The average Bonchev–Trinajstić information content (AvgIpc) is 2.42. The second kappa shape index (κ2) is 8.52. The number of nitrogens with zero attached hydrogens (tertiary/aromatic N) is 4.